The van der Waals surface area contributed by atoms with Crippen LogP contribution in [0.4, 0.5) is 13.2 Å². The molecular formula is C16H17ClF3N3O. The lowest BCUT2D eigenvalue weighted by Crippen LogP contribution is -2.27. The molecule has 0 aliphatic heterocycles. The first-order valence-corrected chi connectivity index (χ1v) is 7.77. The molecule has 0 unspecified atom stereocenters. The van der Waals surface area contributed by atoms with Crippen molar-refractivity contribution in [2.45, 2.75) is 32.5 Å². The Morgan fingerprint density at radius 1 is 1.29 bits per heavy atom. The largest absolute Gasteiger partial charge is 0.436 e. The summed E-state index contributed by atoms with van der Waals surface area (Å²) >= 11 is 5.68. The summed E-state index contributed by atoms with van der Waals surface area (Å²) in [6.07, 6.45) is -3.85. The number of amides is 1. The lowest BCUT2D eigenvalue weighted by atomic mass is 10.1. The van der Waals surface area contributed by atoms with Crippen molar-refractivity contribution in [3.05, 3.63) is 52.3 Å². The first kappa shape index (κ1) is 18.3. The second kappa shape index (κ2) is 7.70. The molecule has 130 valence electrons. The minimum absolute atomic E-state index is 0.132. The summed E-state index contributed by atoms with van der Waals surface area (Å²) in [5.41, 5.74) is 0.0916. The number of nitrogens with one attached hydrogen (secondary N) is 1. The average molecular weight is 360 g/mol. The lowest BCUT2D eigenvalue weighted by Gasteiger charge is -2.07. The van der Waals surface area contributed by atoms with E-state index in [1.807, 2.05) is 30.3 Å². The minimum Gasteiger partial charge on any atom is -0.356 e. The zero-order valence-electron chi connectivity index (χ0n) is 13.0. The number of aromatic nitrogens is 2. The molecule has 24 heavy (non-hydrogen) atoms. The molecule has 0 atom stereocenters. The van der Waals surface area contributed by atoms with Gasteiger partial charge in [0.2, 0.25) is 5.91 Å². The van der Waals surface area contributed by atoms with Gasteiger partial charge in [-0.1, -0.05) is 41.9 Å². The Balaban J connectivity index is 1.81. The summed E-state index contributed by atoms with van der Waals surface area (Å²) in [5, 5.41) is 5.87. The second-order valence-electron chi connectivity index (χ2n) is 5.33. The van der Waals surface area contributed by atoms with Gasteiger partial charge in [-0.05, 0) is 18.9 Å². The van der Waals surface area contributed by atoms with E-state index in [0.717, 1.165) is 5.56 Å². The van der Waals surface area contributed by atoms with Crippen molar-refractivity contribution in [2.24, 2.45) is 0 Å². The van der Waals surface area contributed by atoms with E-state index in [1.165, 1.54) is 11.6 Å². The molecule has 8 heteroatoms. The van der Waals surface area contributed by atoms with Crippen molar-refractivity contribution >= 4 is 17.5 Å². The third-order valence-corrected chi connectivity index (χ3v) is 3.93. The predicted octanol–water partition coefficient (Wildman–Crippen LogP) is 3.61. The molecule has 2 rings (SSSR count). The average Bonchev–Trinajstić information content (AvgIpc) is 2.81. The summed E-state index contributed by atoms with van der Waals surface area (Å²) in [7, 11) is 0. The van der Waals surface area contributed by atoms with Crippen molar-refractivity contribution in [3.63, 3.8) is 0 Å². The Morgan fingerprint density at radius 2 is 1.96 bits per heavy atom. The van der Waals surface area contributed by atoms with Gasteiger partial charge in [0.15, 0.2) is 5.69 Å². The van der Waals surface area contributed by atoms with Gasteiger partial charge < -0.3 is 5.32 Å². The van der Waals surface area contributed by atoms with Crippen LogP contribution in [0.25, 0.3) is 0 Å². The summed E-state index contributed by atoms with van der Waals surface area (Å²) in [5.74, 6) is -0.132. The maximum atomic E-state index is 12.7. The molecular weight excluding hydrogens is 343 g/mol. The Labute approximate surface area is 142 Å². The van der Waals surface area contributed by atoms with Crippen LogP contribution in [0.3, 0.4) is 0 Å². The Bertz CT molecular complexity index is 699. The highest BCUT2D eigenvalue weighted by atomic mass is 35.5. The van der Waals surface area contributed by atoms with Gasteiger partial charge in [0.1, 0.15) is 0 Å². The van der Waals surface area contributed by atoms with Crippen LogP contribution in [0.5, 0.6) is 0 Å². The van der Waals surface area contributed by atoms with Crippen LogP contribution in [0.1, 0.15) is 23.4 Å². The summed E-state index contributed by atoms with van der Waals surface area (Å²) in [4.78, 5) is 11.8. The number of rotatable bonds is 6. The molecule has 1 heterocycles. The van der Waals surface area contributed by atoms with E-state index in [0.29, 0.717) is 13.0 Å². The number of carbonyl (C=O) groups is 1. The number of hydrogen-bond donors (Lipinski definition) is 1. The fourth-order valence-corrected chi connectivity index (χ4v) is 2.47. The van der Waals surface area contributed by atoms with Gasteiger partial charge in [0.05, 0.1) is 17.1 Å². The number of carbonyl (C=O) groups excluding carboxylic acids is 1. The highest BCUT2D eigenvalue weighted by molar-refractivity contribution is 6.31. The maximum Gasteiger partial charge on any atom is 0.436 e. The number of halogens is 4. The van der Waals surface area contributed by atoms with E-state index in [2.05, 4.69) is 10.4 Å². The molecule has 2 aromatic rings. The molecule has 0 fully saturated rings. The Morgan fingerprint density at radius 3 is 2.54 bits per heavy atom. The smallest absolute Gasteiger partial charge is 0.356 e. The van der Waals surface area contributed by atoms with Crippen molar-refractivity contribution < 1.29 is 18.0 Å². The van der Waals surface area contributed by atoms with Crippen LogP contribution < -0.4 is 5.32 Å². The van der Waals surface area contributed by atoms with Crippen molar-refractivity contribution in [2.75, 3.05) is 6.54 Å². The van der Waals surface area contributed by atoms with E-state index in [-0.39, 0.29) is 29.6 Å². The lowest BCUT2D eigenvalue weighted by molar-refractivity contribution is -0.141. The zero-order valence-corrected chi connectivity index (χ0v) is 13.8. The first-order chi connectivity index (χ1) is 11.3. The monoisotopic (exact) mass is 359 g/mol. The normalized spacial score (nSPS) is 11.5. The number of aryl methyl sites for hydroxylation is 1. The molecule has 0 spiro atoms. The van der Waals surface area contributed by atoms with E-state index < -0.39 is 11.9 Å². The standard InChI is InChI=1S/C16H17ClF3N3O/c1-11-14(17)15(16(18,19)20)22-23(11)9-5-8-21-13(24)10-12-6-3-2-4-7-12/h2-4,6-7H,5,8-10H2,1H3,(H,21,24). The number of hydrogen-bond acceptors (Lipinski definition) is 2. The molecule has 0 bridgehead atoms. The summed E-state index contributed by atoms with van der Waals surface area (Å²) in [6, 6.07) is 9.28. The Kier molecular flexibility index (Phi) is 5.88. The molecule has 4 nitrogen and oxygen atoms in total. The van der Waals surface area contributed by atoms with E-state index in [4.69, 9.17) is 11.6 Å². The minimum atomic E-state index is -4.57. The fourth-order valence-electron chi connectivity index (χ4n) is 2.22. The van der Waals surface area contributed by atoms with Gasteiger partial charge in [0, 0.05) is 13.1 Å². The highest BCUT2D eigenvalue weighted by Crippen LogP contribution is 2.35. The molecule has 0 radical (unpaired) electrons. The van der Waals surface area contributed by atoms with E-state index >= 15 is 0 Å². The van der Waals surface area contributed by atoms with Crippen LogP contribution >= 0.6 is 11.6 Å². The van der Waals surface area contributed by atoms with Gasteiger partial charge in [-0.15, -0.1) is 0 Å². The SMILES string of the molecule is Cc1c(Cl)c(C(F)(F)F)nn1CCCNC(=O)Cc1ccccc1. The second-order valence-corrected chi connectivity index (χ2v) is 5.71. The third kappa shape index (κ3) is 4.74. The van der Waals surface area contributed by atoms with Crippen LogP contribution in [-0.4, -0.2) is 22.2 Å². The van der Waals surface area contributed by atoms with Gasteiger partial charge in [-0.25, -0.2) is 0 Å². The zero-order chi connectivity index (χ0) is 17.7. The first-order valence-electron chi connectivity index (χ1n) is 7.39. The quantitative estimate of drug-likeness (QED) is 0.801. The molecule has 0 aliphatic rings. The van der Waals surface area contributed by atoms with Gasteiger partial charge in [0.25, 0.3) is 0 Å². The molecule has 1 N–H and O–H groups in total. The molecule has 0 saturated heterocycles. The van der Waals surface area contributed by atoms with E-state index in [1.54, 1.807) is 0 Å². The topological polar surface area (TPSA) is 46.9 Å². The predicted molar refractivity (Wildman–Crippen MR) is 84.7 cm³/mol. The van der Waals surface area contributed by atoms with Crippen LogP contribution in [0.2, 0.25) is 5.02 Å². The molecule has 1 amide bonds. The Hall–Kier alpha value is -2.02. The van der Waals surface area contributed by atoms with Crippen molar-refractivity contribution in [1.82, 2.24) is 15.1 Å². The van der Waals surface area contributed by atoms with E-state index in [9.17, 15) is 18.0 Å². The fraction of sp³-hybridized carbons (Fsp3) is 0.375. The highest BCUT2D eigenvalue weighted by Gasteiger charge is 2.38. The summed E-state index contributed by atoms with van der Waals surface area (Å²) in [6.45, 7) is 2.08. The van der Waals surface area contributed by atoms with Gasteiger partial charge >= 0.3 is 6.18 Å². The summed E-state index contributed by atoms with van der Waals surface area (Å²) < 4.78 is 39.4. The molecule has 0 aliphatic carbocycles. The molecule has 1 aromatic heterocycles. The number of benzene rings is 1. The van der Waals surface area contributed by atoms with Crippen molar-refractivity contribution in [1.29, 1.82) is 0 Å². The molecule has 1 aromatic carbocycles. The maximum absolute atomic E-state index is 12.7. The third-order valence-electron chi connectivity index (χ3n) is 3.48. The number of nitrogens with zero attached hydrogens (tertiary/aromatic N) is 2. The molecule has 0 saturated carbocycles. The van der Waals surface area contributed by atoms with Gasteiger partial charge in [-0.3, -0.25) is 9.48 Å². The van der Waals surface area contributed by atoms with Crippen LogP contribution in [0.15, 0.2) is 30.3 Å². The van der Waals surface area contributed by atoms with Crippen LogP contribution in [0, 0.1) is 6.92 Å². The van der Waals surface area contributed by atoms with Crippen molar-refractivity contribution in [3.8, 4) is 0 Å². The van der Waals surface area contributed by atoms with Crippen LogP contribution in [-0.2, 0) is 23.9 Å². The number of alkyl halides is 3. The van der Waals surface area contributed by atoms with Gasteiger partial charge in [-0.2, -0.15) is 18.3 Å².